The Bertz CT molecular complexity index is 1240. The summed E-state index contributed by atoms with van der Waals surface area (Å²) in [5, 5.41) is 11.7. The lowest BCUT2D eigenvalue weighted by Gasteiger charge is -2.30. The van der Waals surface area contributed by atoms with E-state index in [1.807, 2.05) is 23.9 Å². The first-order chi connectivity index (χ1) is 17.2. The molecule has 3 aromatic rings. The molecule has 37 heavy (non-hydrogen) atoms. The number of benzene rings is 2. The van der Waals surface area contributed by atoms with Crippen molar-refractivity contribution in [3.8, 4) is 11.1 Å². The fourth-order valence-corrected chi connectivity index (χ4v) is 7.12. The Morgan fingerprint density at radius 1 is 0.946 bits per heavy atom. The number of rotatable bonds is 8. The number of hydrogen-bond donors (Lipinski definition) is 2. The lowest BCUT2D eigenvalue weighted by Crippen LogP contribution is -2.25. The molecule has 0 fully saturated rings. The van der Waals surface area contributed by atoms with Crippen LogP contribution in [0.1, 0.15) is 84.5 Å². The molecule has 0 spiro atoms. The number of carbonyl (C=O) groups excluding carboxylic acids is 1. The number of aryl methyl sites for hydroxylation is 2. The Labute approximate surface area is 229 Å². The summed E-state index contributed by atoms with van der Waals surface area (Å²) in [6.45, 7) is 17.9. The summed E-state index contributed by atoms with van der Waals surface area (Å²) in [6, 6.07) is 17.4. The monoisotopic (exact) mass is 537 g/mol. The maximum Gasteiger partial charge on any atom is 0.305 e. The Balaban J connectivity index is 1.84. The van der Waals surface area contributed by atoms with Gasteiger partial charge in [0.2, 0.25) is 0 Å². The van der Waals surface area contributed by atoms with Gasteiger partial charge in [0.25, 0.3) is 5.91 Å². The molecule has 198 valence electrons. The van der Waals surface area contributed by atoms with Crippen LogP contribution in [0, 0.1) is 19.3 Å². The number of carboxylic acid groups (broad SMARTS) is 1. The SMILES string of the molecule is Cc1cc(S[C@@H](c2ccc(C(=O)NCCC(=O)O)s2)C(C)(C)C)cc(C)c1-c1ccc(C(C)(C)C)cc1. The van der Waals surface area contributed by atoms with Crippen LogP contribution >= 0.6 is 23.1 Å². The number of nitrogens with one attached hydrogen (secondary N) is 1. The Hall–Kier alpha value is -2.57. The van der Waals surface area contributed by atoms with Crippen LogP contribution in [0.4, 0.5) is 0 Å². The number of carboxylic acids is 1. The number of thioether (sulfide) groups is 1. The third kappa shape index (κ3) is 7.48. The average Bonchev–Trinajstić information content (AvgIpc) is 3.25. The normalized spacial score (nSPS) is 12.9. The third-order valence-electron chi connectivity index (χ3n) is 6.32. The second kappa shape index (κ2) is 11.4. The Kier molecular flexibility index (Phi) is 8.97. The number of aliphatic carboxylic acids is 1. The van der Waals surface area contributed by atoms with Crippen molar-refractivity contribution in [1.82, 2.24) is 5.32 Å². The minimum atomic E-state index is -0.921. The summed E-state index contributed by atoms with van der Waals surface area (Å²) in [5.74, 6) is -1.14. The van der Waals surface area contributed by atoms with Gasteiger partial charge < -0.3 is 10.4 Å². The van der Waals surface area contributed by atoms with Crippen LogP contribution in [0.15, 0.2) is 53.4 Å². The fraction of sp³-hybridized carbons (Fsp3) is 0.419. The van der Waals surface area contributed by atoms with E-state index in [-0.39, 0.29) is 35.0 Å². The van der Waals surface area contributed by atoms with Crippen LogP contribution in [0.3, 0.4) is 0 Å². The van der Waals surface area contributed by atoms with Crippen LogP contribution in [0.5, 0.6) is 0 Å². The number of thiophene rings is 1. The molecule has 3 rings (SSSR count). The lowest BCUT2D eigenvalue weighted by atomic mass is 9.85. The van der Waals surface area contributed by atoms with Gasteiger partial charge in [-0.3, -0.25) is 9.59 Å². The van der Waals surface area contributed by atoms with Gasteiger partial charge in [0.05, 0.1) is 11.3 Å². The molecule has 6 heteroatoms. The zero-order chi connectivity index (χ0) is 27.5. The zero-order valence-electron chi connectivity index (χ0n) is 23.2. The highest BCUT2D eigenvalue weighted by Crippen LogP contribution is 2.50. The lowest BCUT2D eigenvalue weighted by molar-refractivity contribution is -0.136. The first-order valence-electron chi connectivity index (χ1n) is 12.7. The van der Waals surface area contributed by atoms with Crippen molar-refractivity contribution < 1.29 is 14.7 Å². The summed E-state index contributed by atoms with van der Waals surface area (Å²) in [5.41, 5.74) is 6.46. The van der Waals surface area contributed by atoms with Gasteiger partial charge in [-0.1, -0.05) is 65.8 Å². The summed E-state index contributed by atoms with van der Waals surface area (Å²) < 4.78 is 0. The van der Waals surface area contributed by atoms with Gasteiger partial charge in [0.1, 0.15) is 0 Å². The Morgan fingerprint density at radius 3 is 2.05 bits per heavy atom. The van der Waals surface area contributed by atoms with Crippen molar-refractivity contribution in [2.45, 2.75) is 77.4 Å². The predicted molar refractivity (Wildman–Crippen MR) is 157 cm³/mol. The van der Waals surface area contributed by atoms with Crippen LogP contribution in [-0.2, 0) is 10.2 Å². The first-order valence-corrected chi connectivity index (χ1v) is 14.3. The van der Waals surface area contributed by atoms with Crippen LogP contribution in [-0.4, -0.2) is 23.5 Å². The van der Waals surface area contributed by atoms with Crippen LogP contribution in [0.2, 0.25) is 0 Å². The molecule has 0 radical (unpaired) electrons. The summed E-state index contributed by atoms with van der Waals surface area (Å²) in [6.07, 6.45) is -0.0835. The van der Waals surface area contributed by atoms with E-state index in [1.54, 1.807) is 0 Å². The molecule has 0 aliphatic rings. The summed E-state index contributed by atoms with van der Waals surface area (Å²) in [4.78, 5) is 26.2. The molecule has 0 saturated heterocycles. The highest BCUT2D eigenvalue weighted by molar-refractivity contribution is 7.99. The van der Waals surface area contributed by atoms with E-state index in [0.717, 1.165) is 4.88 Å². The van der Waals surface area contributed by atoms with Gasteiger partial charge in [0, 0.05) is 21.6 Å². The van der Waals surface area contributed by atoms with Crippen molar-refractivity contribution in [2.24, 2.45) is 5.41 Å². The van der Waals surface area contributed by atoms with Gasteiger partial charge in [-0.15, -0.1) is 23.1 Å². The largest absolute Gasteiger partial charge is 0.481 e. The highest BCUT2D eigenvalue weighted by atomic mass is 32.2. The van der Waals surface area contributed by atoms with E-state index in [2.05, 4.69) is 97.1 Å². The second-order valence-electron chi connectivity index (χ2n) is 11.7. The molecule has 1 aromatic heterocycles. The molecule has 0 aliphatic heterocycles. The third-order valence-corrected chi connectivity index (χ3v) is 9.32. The molecule has 2 N–H and O–H groups in total. The molecule has 4 nitrogen and oxygen atoms in total. The maximum absolute atomic E-state index is 12.5. The van der Waals surface area contributed by atoms with Gasteiger partial charge >= 0.3 is 5.97 Å². The van der Waals surface area contributed by atoms with Crippen LogP contribution < -0.4 is 5.32 Å². The number of amides is 1. The quantitative estimate of drug-likeness (QED) is 0.283. The first kappa shape index (κ1) is 29.0. The van der Waals surface area contributed by atoms with Crippen molar-refractivity contribution in [3.05, 3.63) is 75.0 Å². The van der Waals surface area contributed by atoms with E-state index in [9.17, 15) is 9.59 Å². The topological polar surface area (TPSA) is 66.4 Å². The van der Waals surface area contributed by atoms with E-state index in [4.69, 9.17) is 5.11 Å². The molecular weight excluding hydrogens is 498 g/mol. The standard InChI is InChI=1S/C31H39NO3S2/c1-19-17-23(18-20(2)27(19)21-9-11-22(12-10-21)30(3,4)5)36-28(31(6,7)8)24-13-14-25(37-24)29(35)32-16-15-26(33)34/h9-14,17-18,28H,15-16H2,1-8H3,(H,32,35)(H,33,34)/t28-/m0/s1. The molecule has 0 bridgehead atoms. The average molecular weight is 538 g/mol. The molecule has 2 aromatic carbocycles. The summed E-state index contributed by atoms with van der Waals surface area (Å²) >= 11 is 3.32. The minimum Gasteiger partial charge on any atom is -0.481 e. The molecule has 1 atom stereocenters. The van der Waals surface area contributed by atoms with Gasteiger partial charge in [-0.05, 0) is 76.8 Å². The number of hydrogen-bond acceptors (Lipinski definition) is 4. The van der Waals surface area contributed by atoms with Crippen molar-refractivity contribution >= 4 is 35.0 Å². The summed E-state index contributed by atoms with van der Waals surface area (Å²) in [7, 11) is 0. The highest BCUT2D eigenvalue weighted by Gasteiger charge is 2.30. The van der Waals surface area contributed by atoms with Crippen molar-refractivity contribution in [3.63, 3.8) is 0 Å². The minimum absolute atomic E-state index is 0.0319. The smallest absolute Gasteiger partial charge is 0.305 e. The number of carbonyl (C=O) groups is 2. The van der Waals surface area contributed by atoms with E-state index in [1.165, 1.54) is 44.0 Å². The predicted octanol–water partition coefficient (Wildman–Crippen LogP) is 8.41. The molecular formula is C31H39NO3S2. The molecule has 0 unspecified atom stereocenters. The molecule has 1 amide bonds. The van der Waals surface area contributed by atoms with E-state index in [0.29, 0.717) is 4.88 Å². The van der Waals surface area contributed by atoms with E-state index < -0.39 is 5.97 Å². The molecule has 1 heterocycles. The van der Waals surface area contributed by atoms with E-state index >= 15 is 0 Å². The van der Waals surface area contributed by atoms with Gasteiger partial charge in [0.15, 0.2) is 0 Å². The molecule has 0 aliphatic carbocycles. The van der Waals surface area contributed by atoms with Crippen molar-refractivity contribution in [1.29, 1.82) is 0 Å². The van der Waals surface area contributed by atoms with Gasteiger partial charge in [-0.25, -0.2) is 0 Å². The second-order valence-corrected chi connectivity index (χ2v) is 14.0. The maximum atomic E-state index is 12.5. The van der Waals surface area contributed by atoms with Gasteiger partial charge in [-0.2, -0.15) is 0 Å². The van der Waals surface area contributed by atoms with Crippen molar-refractivity contribution in [2.75, 3.05) is 6.54 Å². The molecule has 0 saturated carbocycles. The zero-order valence-corrected chi connectivity index (χ0v) is 24.8. The fourth-order valence-electron chi connectivity index (χ4n) is 4.37. The van der Waals surface area contributed by atoms with Crippen LogP contribution in [0.25, 0.3) is 11.1 Å². The Morgan fingerprint density at radius 2 is 1.54 bits per heavy atom.